The number of likely N-dealkylation sites (tertiary alicyclic amines) is 1. The van der Waals surface area contributed by atoms with Crippen LogP contribution in [0, 0.1) is 5.92 Å². The number of piperidine rings is 1. The van der Waals surface area contributed by atoms with E-state index in [1.807, 2.05) is 12.1 Å². The van der Waals surface area contributed by atoms with Crippen molar-refractivity contribution in [3.05, 3.63) is 24.0 Å². The molecule has 2 atom stereocenters. The van der Waals surface area contributed by atoms with Gasteiger partial charge in [-0.2, -0.15) is 0 Å². The largest absolute Gasteiger partial charge is 0.385 e. The number of anilines is 1. The average Bonchev–Trinajstić information content (AvgIpc) is 2.95. The van der Waals surface area contributed by atoms with Crippen LogP contribution in [-0.4, -0.2) is 34.9 Å². The molecule has 2 heterocycles. The minimum Gasteiger partial charge on any atom is -0.385 e. The van der Waals surface area contributed by atoms with E-state index in [4.69, 9.17) is 0 Å². The third kappa shape index (κ3) is 2.51. The van der Waals surface area contributed by atoms with E-state index in [-0.39, 0.29) is 5.91 Å². The van der Waals surface area contributed by atoms with Crippen LogP contribution in [0.1, 0.15) is 49.5 Å². The van der Waals surface area contributed by atoms with Gasteiger partial charge in [-0.1, -0.05) is 6.42 Å². The van der Waals surface area contributed by atoms with Gasteiger partial charge >= 0.3 is 0 Å². The van der Waals surface area contributed by atoms with Crippen LogP contribution in [0.5, 0.6) is 0 Å². The molecule has 1 saturated heterocycles. The number of carbonyl (C=O) groups excluding carboxylic acids is 1. The molecule has 0 aromatic carbocycles. The molecule has 1 saturated carbocycles. The first-order chi connectivity index (χ1) is 9.79. The number of rotatable bonds is 3. The van der Waals surface area contributed by atoms with E-state index in [1.54, 1.807) is 6.20 Å². The molecule has 1 aromatic rings. The van der Waals surface area contributed by atoms with Gasteiger partial charge in [-0.25, -0.2) is 0 Å². The van der Waals surface area contributed by atoms with Gasteiger partial charge in [-0.05, 0) is 50.7 Å². The normalized spacial score (nSPS) is 25.4. The van der Waals surface area contributed by atoms with Crippen molar-refractivity contribution >= 4 is 11.6 Å². The summed E-state index contributed by atoms with van der Waals surface area (Å²) < 4.78 is 0. The summed E-state index contributed by atoms with van der Waals surface area (Å²) in [7, 11) is 0. The maximum Gasteiger partial charge on any atom is 0.272 e. The minimum absolute atomic E-state index is 0.112. The zero-order chi connectivity index (χ0) is 13.9. The molecule has 2 unspecified atom stereocenters. The van der Waals surface area contributed by atoms with Gasteiger partial charge in [0.2, 0.25) is 0 Å². The Labute approximate surface area is 120 Å². The summed E-state index contributed by atoms with van der Waals surface area (Å²) in [5, 5.41) is 3.24. The zero-order valence-electron chi connectivity index (χ0n) is 12.1. The van der Waals surface area contributed by atoms with E-state index in [0.29, 0.717) is 11.7 Å². The summed E-state index contributed by atoms with van der Waals surface area (Å²) in [6, 6.07) is 4.25. The third-order valence-corrected chi connectivity index (χ3v) is 4.61. The molecule has 1 N–H and O–H groups in total. The van der Waals surface area contributed by atoms with Crippen molar-refractivity contribution in [3.8, 4) is 0 Å². The highest BCUT2D eigenvalue weighted by molar-refractivity contribution is 5.93. The van der Waals surface area contributed by atoms with Crippen LogP contribution in [0.25, 0.3) is 0 Å². The molecule has 1 aliphatic heterocycles. The van der Waals surface area contributed by atoms with Gasteiger partial charge in [-0.15, -0.1) is 0 Å². The van der Waals surface area contributed by atoms with E-state index in [1.165, 1.54) is 25.7 Å². The van der Waals surface area contributed by atoms with Crippen LogP contribution in [0.15, 0.2) is 18.3 Å². The molecule has 3 rings (SSSR count). The van der Waals surface area contributed by atoms with Crippen LogP contribution in [0.2, 0.25) is 0 Å². The standard InChI is InChI=1S/C16H23N3O/c1-2-17-13-8-9-18-14(11-13)16(20)19-10-4-6-12-5-3-7-15(12)19/h8-9,11-12,15H,2-7,10H2,1H3,(H,17,18). The van der Waals surface area contributed by atoms with Gasteiger partial charge in [0.15, 0.2) is 0 Å². The van der Waals surface area contributed by atoms with Crippen molar-refractivity contribution in [1.29, 1.82) is 0 Å². The Balaban J connectivity index is 1.79. The number of hydrogen-bond donors (Lipinski definition) is 1. The van der Waals surface area contributed by atoms with Gasteiger partial charge in [0.25, 0.3) is 5.91 Å². The first kappa shape index (κ1) is 13.4. The Morgan fingerprint density at radius 1 is 1.40 bits per heavy atom. The smallest absolute Gasteiger partial charge is 0.272 e. The van der Waals surface area contributed by atoms with Crippen LogP contribution in [0.4, 0.5) is 5.69 Å². The lowest BCUT2D eigenvalue weighted by Gasteiger charge is -2.37. The van der Waals surface area contributed by atoms with Crippen molar-refractivity contribution in [2.75, 3.05) is 18.4 Å². The Hall–Kier alpha value is -1.58. The summed E-state index contributed by atoms with van der Waals surface area (Å²) in [6.45, 7) is 3.80. The quantitative estimate of drug-likeness (QED) is 0.921. The number of nitrogens with one attached hydrogen (secondary N) is 1. The fourth-order valence-electron chi connectivity index (χ4n) is 3.71. The highest BCUT2D eigenvalue weighted by Crippen LogP contribution is 2.37. The Bertz CT molecular complexity index is 488. The Morgan fingerprint density at radius 2 is 2.25 bits per heavy atom. The van der Waals surface area contributed by atoms with E-state index in [9.17, 15) is 4.79 Å². The van der Waals surface area contributed by atoms with E-state index in [0.717, 1.165) is 31.1 Å². The molecule has 20 heavy (non-hydrogen) atoms. The molecule has 2 aliphatic rings. The van der Waals surface area contributed by atoms with E-state index >= 15 is 0 Å². The second-order valence-corrected chi connectivity index (χ2v) is 5.86. The SMILES string of the molecule is CCNc1ccnc(C(=O)N2CCCC3CCCC32)c1. The van der Waals surface area contributed by atoms with Crippen molar-refractivity contribution in [1.82, 2.24) is 9.88 Å². The molecule has 1 amide bonds. The number of fused-ring (bicyclic) bond motifs is 1. The van der Waals surface area contributed by atoms with Gasteiger partial charge in [-0.3, -0.25) is 9.78 Å². The van der Waals surface area contributed by atoms with Crippen molar-refractivity contribution in [3.63, 3.8) is 0 Å². The van der Waals surface area contributed by atoms with Crippen molar-refractivity contribution in [2.24, 2.45) is 5.92 Å². The summed E-state index contributed by atoms with van der Waals surface area (Å²) in [6.07, 6.45) is 7.88. The second kappa shape index (κ2) is 5.81. The maximum absolute atomic E-state index is 12.7. The number of pyridine rings is 1. The molecule has 108 valence electrons. The van der Waals surface area contributed by atoms with Crippen molar-refractivity contribution < 1.29 is 4.79 Å². The molecule has 4 nitrogen and oxygen atoms in total. The first-order valence-corrected chi connectivity index (χ1v) is 7.80. The molecule has 0 radical (unpaired) electrons. The van der Waals surface area contributed by atoms with Crippen LogP contribution < -0.4 is 5.32 Å². The maximum atomic E-state index is 12.7. The number of amides is 1. The van der Waals surface area contributed by atoms with Gasteiger partial charge in [0.05, 0.1) is 0 Å². The van der Waals surface area contributed by atoms with Gasteiger partial charge in [0.1, 0.15) is 5.69 Å². The number of aromatic nitrogens is 1. The van der Waals surface area contributed by atoms with Crippen LogP contribution in [-0.2, 0) is 0 Å². The fraction of sp³-hybridized carbons (Fsp3) is 0.625. The molecule has 4 heteroatoms. The predicted octanol–water partition coefficient (Wildman–Crippen LogP) is 2.92. The molecule has 0 spiro atoms. The molecule has 1 aromatic heterocycles. The van der Waals surface area contributed by atoms with Crippen molar-refractivity contribution in [2.45, 2.75) is 45.1 Å². The van der Waals surface area contributed by atoms with Gasteiger partial charge in [0, 0.05) is 31.0 Å². The van der Waals surface area contributed by atoms with Gasteiger partial charge < -0.3 is 10.2 Å². The van der Waals surface area contributed by atoms with E-state index < -0.39 is 0 Å². The number of hydrogen-bond acceptors (Lipinski definition) is 3. The Morgan fingerprint density at radius 3 is 3.10 bits per heavy atom. The first-order valence-electron chi connectivity index (χ1n) is 7.80. The lowest BCUT2D eigenvalue weighted by molar-refractivity contribution is 0.0542. The topological polar surface area (TPSA) is 45.2 Å². The third-order valence-electron chi connectivity index (χ3n) is 4.61. The monoisotopic (exact) mass is 273 g/mol. The number of nitrogens with zero attached hydrogens (tertiary/aromatic N) is 2. The fourth-order valence-corrected chi connectivity index (χ4v) is 3.71. The van der Waals surface area contributed by atoms with E-state index in [2.05, 4.69) is 22.1 Å². The summed E-state index contributed by atoms with van der Waals surface area (Å²) in [5.74, 6) is 0.839. The molecule has 1 aliphatic carbocycles. The van der Waals surface area contributed by atoms with Crippen LogP contribution >= 0.6 is 0 Å². The summed E-state index contributed by atoms with van der Waals surface area (Å²) >= 11 is 0. The summed E-state index contributed by atoms with van der Waals surface area (Å²) in [5.41, 5.74) is 1.56. The van der Waals surface area contributed by atoms with Crippen LogP contribution in [0.3, 0.4) is 0 Å². The average molecular weight is 273 g/mol. The zero-order valence-corrected chi connectivity index (χ0v) is 12.1. The molecule has 2 fully saturated rings. The lowest BCUT2D eigenvalue weighted by Crippen LogP contribution is -2.46. The molecule has 0 bridgehead atoms. The molecular weight excluding hydrogens is 250 g/mol. The summed E-state index contributed by atoms with van der Waals surface area (Å²) in [4.78, 5) is 19.1. The molecular formula is C16H23N3O. The lowest BCUT2D eigenvalue weighted by atomic mass is 9.91. The highest BCUT2D eigenvalue weighted by Gasteiger charge is 2.37. The Kier molecular flexibility index (Phi) is 3.90. The predicted molar refractivity (Wildman–Crippen MR) is 79.8 cm³/mol. The number of carbonyl (C=O) groups is 1. The highest BCUT2D eigenvalue weighted by atomic mass is 16.2. The second-order valence-electron chi connectivity index (χ2n) is 5.86. The minimum atomic E-state index is 0.112.